The molecule has 0 atom stereocenters. The zero-order valence-electron chi connectivity index (χ0n) is 6.43. The van der Waals surface area contributed by atoms with E-state index in [9.17, 15) is 0 Å². The fourth-order valence-corrected chi connectivity index (χ4v) is 0.664. The minimum atomic E-state index is 0. The van der Waals surface area contributed by atoms with E-state index in [1.165, 1.54) is 12.8 Å². The summed E-state index contributed by atoms with van der Waals surface area (Å²) in [7, 11) is 0. The maximum Gasteiger partial charge on any atom is 0.0431 e. The minimum absolute atomic E-state index is 0. The third-order valence-electron chi connectivity index (χ3n) is 1.19. The first kappa shape index (κ1) is 13.0. The Bertz CT molecular complexity index is 46.2. The third kappa shape index (κ3) is 12.6. The number of aliphatic hydroxyl groups is 1. The van der Waals surface area contributed by atoms with E-state index < -0.39 is 0 Å². The Balaban J connectivity index is 0. The average molecular weight is 343 g/mol. The molecule has 0 aliphatic carbocycles. The van der Waals surface area contributed by atoms with Gasteiger partial charge in [0, 0.05) is 50.7 Å². The van der Waals surface area contributed by atoms with Crippen LogP contribution in [0.15, 0.2) is 0 Å². The Morgan fingerprint density at radius 3 is 2.11 bits per heavy atom. The van der Waals surface area contributed by atoms with E-state index in [4.69, 9.17) is 5.11 Å². The van der Waals surface area contributed by atoms with E-state index in [2.05, 4.69) is 13.8 Å². The molecule has 0 aromatic heterocycles. The summed E-state index contributed by atoms with van der Waals surface area (Å²) in [5, 5.41) is 8.38. The standard InChI is InChI=1S/C7H16O.Ac/c1-7(2)5-3-4-6-8;/h7-8H,3-6H2,1-2H3;. The number of rotatable bonds is 4. The molecule has 0 aromatic rings. The molecule has 0 saturated heterocycles. The predicted octanol–water partition coefficient (Wildman–Crippen LogP) is 1.81. The normalized spacial score (nSPS) is 9.33. The van der Waals surface area contributed by atoms with Crippen LogP contribution in [-0.2, 0) is 0 Å². The van der Waals surface area contributed by atoms with Crippen molar-refractivity contribution < 1.29 is 49.2 Å². The van der Waals surface area contributed by atoms with Gasteiger partial charge in [-0.2, -0.15) is 0 Å². The molecule has 0 aliphatic rings. The van der Waals surface area contributed by atoms with Gasteiger partial charge >= 0.3 is 0 Å². The fraction of sp³-hybridized carbons (Fsp3) is 1.00. The maximum atomic E-state index is 8.38. The number of hydrogen-bond acceptors (Lipinski definition) is 1. The van der Waals surface area contributed by atoms with Crippen molar-refractivity contribution >= 4 is 0 Å². The van der Waals surface area contributed by atoms with Gasteiger partial charge in [0.05, 0.1) is 0 Å². The second-order valence-corrected chi connectivity index (χ2v) is 2.61. The monoisotopic (exact) mass is 343 g/mol. The van der Waals surface area contributed by atoms with Crippen molar-refractivity contribution in [1.29, 1.82) is 0 Å². The molecule has 53 valence electrons. The smallest absolute Gasteiger partial charge is 0.0431 e. The predicted molar refractivity (Wildman–Crippen MR) is 35.8 cm³/mol. The summed E-state index contributed by atoms with van der Waals surface area (Å²) in [6, 6.07) is 0. The number of hydrogen-bond donors (Lipinski definition) is 1. The Labute approximate surface area is 93.8 Å². The average Bonchev–Trinajstić information content (AvgIpc) is 1.66. The molecular weight excluding hydrogens is 327 g/mol. The van der Waals surface area contributed by atoms with Gasteiger partial charge < -0.3 is 5.11 Å². The van der Waals surface area contributed by atoms with Crippen molar-refractivity contribution in [3.8, 4) is 0 Å². The van der Waals surface area contributed by atoms with Crippen molar-refractivity contribution in [2.24, 2.45) is 5.92 Å². The van der Waals surface area contributed by atoms with Gasteiger partial charge in [-0.3, -0.25) is 0 Å². The van der Waals surface area contributed by atoms with Gasteiger partial charge in [-0.25, -0.2) is 0 Å². The summed E-state index contributed by atoms with van der Waals surface area (Å²) in [6.07, 6.45) is 3.40. The van der Waals surface area contributed by atoms with Crippen LogP contribution in [0.5, 0.6) is 0 Å². The second-order valence-electron chi connectivity index (χ2n) is 2.61. The molecule has 0 unspecified atom stereocenters. The summed E-state index contributed by atoms with van der Waals surface area (Å²) in [5.74, 6) is 0.793. The van der Waals surface area contributed by atoms with Crippen LogP contribution in [0, 0.1) is 50.0 Å². The van der Waals surface area contributed by atoms with Crippen LogP contribution in [-0.4, -0.2) is 11.7 Å². The van der Waals surface area contributed by atoms with Crippen LogP contribution in [0.25, 0.3) is 0 Å². The van der Waals surface area contributed by atoms with Crippen molar-refractivity contribution in [3.63, 3.8) is 0 Å². The van der Waals surface area contributed by atoms with Gasteiger partial charge in [0.2, 0.25) is 0 Å². The van der Waals surface area contributed by atoms with Gasteiger partial charge in [0.1, 0.15) is 0 Å². The Morgan fingerprint density at radius 1 is 1.22 bits per heavy atom. The van der Waals surface area contributed by atoms with E-state index in [0.717, 1.165) is 12.3 Å². The molecule has 0 fully saturated rings. The molecule has 0 heterocycles. The molecule has 9 heavy (non-hydrogen) atoms. The van der Waals surface area contributed by atoms with Crippen molar-refractivity contribution in [3.05, 3.63) is 0 Å². The molecule has 1 nitrogen and oxygen atoms in total. The van der Waals surface area contributed by atoms with Gasteiger partial charge in [0.25, 0.3) is 0 Å². The van der Waals surface area contributed by atoms with E-state index >= 15 is 0 Å². The molecule has 0 bridgehead atoms. The summed E-state index contributed by atoms with van der Waals surface area (Å²) in [4.78, 5) is 0. The second kappa shape index (κ2) is 9.40. The van der Waals surface area contributed by atoms with Gasteiger partial charge in [-0.05, 0) is 12.3 Å². The van der Waals surface area contributed by atoms with E-state index in [1.54, 1.807) is 0 Å². The van der Waals surface area contributed by atoms with Crippen LogP contribution in [0.4, 0.5) is 0 Å². The zero-order chi connectivity index (χ0) is 6.41. The summed E-state index contributed by atoms with van der Waals surface area (Å²) < 4.78 is 0. The molecule has 0 rings (SSSR count). The molecule has 0 aliphatic heterocycles. The van der Waals surface area contributed by atoms with Gasteiger partial charge in [-0.1, -0.05) is 26.7 Å². The quantitative estimate of drug-likeness (QED) is 0.772. The van der Waals surface area contributed by atoms with Crippen LogP contribution in [0.1, 0.15) is 33.1 Å². The molecule has 1 radical (unpaired) electrons. The SMILES string of the molecule is CC(C)CCCCO.[Ac]. The Morgan fingerprint density at radius 2 is 1.78 bits per heavy atom. The summed E-state index contributed by atoms with van der Waals surface area (Å²) in [5.41, 5.74) is 0. The first-order valence-electron chi connectivity index (χ1n) is 3.38. The van der Waals surface area contributed by atoms with Crippen LogP contribution >= 0.6 is 0 Å². The van der Waals surface area contributed by atoms with Crippen molar-refractivity contribution in [1.82, 2.24) is 0 Å². The first-order chi connectivity index (χ1) is 3.77. The fourth-order valence-electron chi connectivity index (χ4n) is 0.664. The van der Waals surface area contributed by atoms with E-state index in [-0.39, 0.29) is 44.1 Å². The topological polar surface area (TPSA) is 20.2 Å². The van der Waals surface area contributed by atoms with Gasteiger partial charge in [0.15, 0.2) is 0 Å². The largest absolute Gasteiger partial charge is 0.396 e. The van der Waals surface area contributed by atoms with Crippen LogP contribution in [0.3, 0.4) is 0 Å². The molecule has 0 amide bonds. The molecule has 1 N–H and O–H groups in total. The minimum Gasteiger partial charge on any atom is -0.396 e. The van der Waals surface area contributed by atoms with Gasteiger partial charge in [-0.15, -0.1) is 0 Å². The summed E-state index contributed by atoms with van der Waals surface area (Å²) >= 11 is 0. The molecule has 0 spiro atoms. The molecule has 2 heteroatoms. The van der Waals surface area contributed by atoms with Crippen LogP contribution < -0.4 is 0 Å². The zero-order valence-corrected chi connectivity index (χ0v) is 11.2. The number of aliphatic hydroxyl groups excluding tert-OH is 1. The first-order valence-corrected chi connectivity index (χ1v) is 3.38. The summed E-state index contributed by atoms with van der Waals surface area (Å²) in [6.45, 7) is 4.77. The Kier molecular flexibility index (Phi) is 13.6. The maximum absolute atomic E-state index is 8.38. The van der Waals surface area contributed by atoms with Crippen molar-refractivity contribution in [2.75, 3.05) is 6.61 Å². The molecule has 0 aromatic carbocycles. The number of unbranched alkanes of at least 4 members (excludes halogenated alkanes) is 1. The molecular formula is C7H16AcO. The van der Waals surface area contributed by atoms with Crippen LogP contribution in [0.2, 0.25) is 0 Å². The van der Waals surface area contributed by atoms with E-state index in [1.807, 2.05) is 0 Å². The Hall–Kier alpha value is 1.40. The molecule has 0 saturated carbocycles. The third-order valence-corrected chi connectivity index (χ3v) is 1.19. The van der Waals surface area contributed by atoms with E-state index in [0.29, 0.717) is 6.61 Å². The van der Waals surface area contributed by atoms with Crippen molar-refractivity contribution in [2.45, 2.75) is 33.1 Å².